The molecule has 76 valence electrons. The quantitative estimate of drug-likeness (QED) is 0.644. The van der Waals surface area contributed by atoms with Crippen LogP contribution in [-0.2, 0) is 20.3 Å². The van der Waals surface area contributed by atoms with Crippen LogP contribution in [0, 0.1) is 5.92 Å². The number of carbonyl (C=O) groups is 1. The first-order chi connectivity index (χ1) is 6.07. The molecule has 1 aliphatic carbocycles. The van der Waals surface area contributed by atoms with Crippen molar-refractivity contribution in [3.8, 4) is 0 Å². The van der Waals surface area contributed by atoms with Gasteiger partial charge in [0.05, 0.1) is 7.11 Å². The van der Waals surface area contributed by atoms with Crippen molar-refractivity contribution < 1.29 is 13.7 Å². The fraction of sp³-hybridized carbons (Fsp3) is 0.889. The Kier molecular flexibility index (Phi) is 3.47. The van der Waals surface area contributed by atoms with E-state index in [0.29, 0.717) is 5.92 Å². The molecule has 3 nitrogen and oxygen atoms in total. The molecule has 0 aromatic heterocycles. The number of hydrogen-bond acceptors (Lipinski definition) is 3. The number of ether oxygens (including phenoxy) is 1. The van der Waals surface area contributed by atoms with Gasteiger partial charge in [0, 0.05) is 16.0 Å². The third-order valence-corrected chi connectivity index (χ3v) is 4.21. The van der Waals surface area contributed by atoms with Gasteiger partial charge in [0.15, 0.2) is 0 Å². The zero-order chi connectivity index (χ0) is 10.0. The first kappa shape index (κ1) is 10.7. The number of carbonyl (C=O) groups excluding carboxylic acids is 1. The van der Waals surface area contributed by atoms with Crippen LogP contribution in [0.4, 0.5) is 0 Å². The van der Waals surface area contributed by atoms with Gasteiger partial charge < -0.3 is 4.74 Å². The van der Waals surface area contributed by atoms with E-state index in [0.717, 1.165) is 12.8 Å². The third-order valence-electron chi connectivity index (χ3n) is 2.20. The topological polar surface area (TPSA) is 43.4 Å². The summed E-state index contributed by atoms with van der Waals surface area (Å²) in [6.45, 7) is 3.74. The van der Waals surface area contributed by atoms with Crippen molar-refractivity contribution in [1.82, 2.24) is 0 Å². The van der Waals surface area contributed by atoms with Crippen molar-refractivity contribution in [2.75, 3.05) is 7.11 Å². The normalized spacial score (nSPS) is 21.2. The maximum atomic E-state index is 11.7. The van der Waals surface area contributed by atoms with E-state index in [9.17, 15) is 9.00 Å². The minimum absolute atomic E-state index is 0.0321. The van der Waals surface area contributed by atoms with Crippen molar-refractivity contribution >= 4 is 16.8 Å². The van der Waals surface area contributed by atoms with Gasteiger partial charge in [-0.2, -0.15) is 0 Å². The number of esters is 1. The van der Waals surface area contributed by atoms with Crippen LogP contribution in [0.15, 0.2) is 0 Å². The zero-order valence-corrected chi connectivity index (χ0v) is 9.10. The Bertz CT molecular complexity index is 221. The maximum absolute atomic E-state index is 11.7. The summed E-state index contributed by atoms with van der Waals surface area (Å²) in [5, 5.41) is -0.352. The molecule has 0 radical (unpaired) electrons. The van der Waals surface area contributed by atoms with E-state index in [-0.39, 0.29) is 16.5 Å². The number of hydrogen-bond donors (Lipinski definition) is 0. The lowest BCUT2D eigenvalue weighted by atomic mass is 10.3. The van der Waals surface area contributed by atoms with Gasteiger partial charge in [0.1, 0.15) is 5.25 Å². The molecular weight excluding hydrogens is 188 g/mol. The predicted molar refractivity (Wildman–Crippen MR) is 51.8 cm³/mol. The van der Waals surface area contributed by atoms with Crippen molar-refractivity contribution in [3.05, 3.63) is 0 Å². The minimum atomic E-state index is -1.08. The molecule has 0 bridgehead atoms. The van der Waals surface area contributed by atoms with Crippen molar-refractivity contribution in [2.45, 2.75) is 37.2 Å². The molecule has 0 N–H and O–H groups in total. The van der Waals surface area contributed by atoms with E-state index in [1.807, 2.05) is 13.8 Å². The fourth-order valence-corrected chi connectivity index (χ4v) is 2.81. The summed E-state index contributed by atoms with van der Waals surface area (Å²) in [6, 6.07) is 0. The van der Waals surface area contributed by atoms with Crippen LogP contribution < -0.4 is 0 Å². The highest BCUT2D eigenvalue weighted by Gasteiger charge is 2.41. The van der Waals surface area contributed by atoms with Crippen LogP contribution in [0.3, 0.4) is 0 Å². The smallest absolute Gasteiger partial charge is 0.321 e. The molecule has 1 rings (SSSR count). The second-order valence-corrected chi connectivity index (χ2v) is 5.77. The molecule has 2 unspecified atom stereocenters. The molecule has 13 heavy (non-hydrogen) atoms. The van der Waals surface area contributed by atoms with Gasteiger partial charge in [-0.05, 0) is 18.8 Å². The SMILES string of the molecule is COC(=O)C(C1CC1)S(=O)C(C)C. The first-order valence-electron chi connectivity index (χ1n) is 4.55. The predicted octanol–water partition coefficient (Wildman–Crippen LogP) is 1.10. The van der Waals surface area contributed by atoms with Gasteiger partial charge in [-0.1, -0.05) is 13.8 Å². The summed E-state index contributed by atoms with van der Waals surface area (Å²) < 4.78 is 16.4. The number of methoxy groups -OCH3 is 1. The summed E-state index contributed by atoms with van der Waals surface area (Å²) in [4.78, 5) is 11.3. The second kappa shape index (κ2) is 4.22. The molecule has 0 spiro atoms. The highest BCUT2D eigenvalue weighted by atomic mass is 32.2. The lowest BCUT2D eigenvalue weighted by Gasteiger charge is -2.15. The third kappa shape index (κ3) is 2.53. The lowest BCUT2D eigenvalue weighted by molar-refractivity contribution is -0.140. The molecule has 0 amide bonds. The summed E-state index contributed by atoms with van der Waals surface area (Å²) >= 11 is 0. The van der Waals surface area contributed by atoms with Gasteiger partial charge in [-0.15, -0.1) is 0 Å². The molecule has 1 saturated carbocycles. The van der Waals surface area contributed by atoms with Crippen LogP contribution in [0.5, 0.6) is 0 Å². The van der Waals surface area contributed by atoms with Crippen LogP contribution in [0.2, 0.25) is 0 Å². The summed E-state index contributed by atoms with van der Waals surface area (Å²) in [6.07, 6.45) is 2.02. The van der Waals surface area contributed by atoms with Gasteiger partial charge >= 0.3 is 5.97 Å². The Morgan fingerprint density at radius 1 is 1.46 bits per heavy atom. The first-order valence-corrected chi connectivity index (χ1v) is 5.82. The molecule has 0 heterocycles. The van der Waals surface area contributed by atoms with Crippen LogP contribution >= 0.6 is 0 Å². The Labute approximate surface area is 81.3 Å². The summed E-state index contributed by atoms with van der Waals surface area (Å²) in [5.41, 5.74) is 0. The lowest BCUT2D eigenvalue weighted by Crippen LogP contribution is -2.33. The van der Waals surface area contributed by atoms with Crippen molar-refractivity contribution in [2.24, 2.45) is 5.92 Å². The average Bonchev–Trinajstić information content (AvgIpc) is 2.88. The maximum Gasteiger partial charge on any atom is 0.321 e. The van der Waals surface area contributed by atoms with Gasteiger partial charge in [-0.3, -0.25) is 9.00 Å². The zero-order valence-electron chi connectivity index (χ0n) is 8.28. The van der Waals surface area contributed by atoms with E-state index >= 15 is 0 Å². The molecular formula is C9H16O3S. The Balaban J connectivity index is 2.67. The molecule has 0 aliphatic heterocycles. The van der Waals surface area contributed by atoms with E-state index in [4.69, 9.17) is 0 Å². The summed E-state index contributed by atoms with van der Waals surface area (Å²) in [7, 11) is 0.275. The Hall–Kier alpha value is -0.380. The van der Waals surface area contributed by atoms with Gasteiger partial charge in [-0.25, -0.2) is 0 Å². The molecule has 2 atom stereocenters. The van der Waals surface area contributed by atoms with E-state index < -0.39 is 10.8 Å². The van der Waals surface area contributed by atoms with E-state index in [1.54, 1.807) is 0 Å². The van der Waals surface area contributed by atoms with Gasteiger partial charge in [0.25, 0.3) is 0 Å². The average molecular weight is 204 g/mol. The van der Waals surface area contributed by atoms with Crippen molar-refractivity contribution in [3.63, 3.8) is 0 Å². The molecule has 0 aromatic rings. The molecule has 1 aliphatic rings. The number of rotatable bonds is 4. The second-order valence-electron chi connectivity index (χ2n) is 3.66. The van der Waals surface area contributed by atoms with Crippen LogP contribution in [-0.4, -0.2) is 27.8 Å². The van der Waals surface area contributed by atoms with Crippen LogP contribution in [0.1, 0.15) is 26.7 Å². The molecule has 0 saturated heterocycles. The minimum Gasteiger partial charge on any atom is -0.468 e. The highest BCUT2D eigenvalue weighted by molar-refractivity contribution is 7.87. The van der Waals surface area contributed by atoms with E-state index in [1.165, 1.54) is 7.11 Å². The van der Waals surface area contributed by atoms with E-state index in [2.05, 4.69) is 4.74 Å². The summed E-state index contributed by atoms with van der Waals surface area (Å²) in [5.74, 6) is -0.00906. The highest BCUT2D eigenvalue weighted by Crippen LogP contribution is 2.36. The van der Waals surface area contributed by atoms with Crippen LogP contribution in [0.25, 0.3) is 0 Å². The Morgan fingerprint density at radius 3 is 2.31 bits per heavy atom. The monoisotopic (exact) mass is 204 g/mol. The Morgan fingerprint density at radius 2 is 2.00 bits per heavy atom. The standard InChI is InChI=1S/C9H16O3S/c1-6(2)13(11)8(7-4-5-7)9(10)12-3/h6-8H,4-5H2,1-3H3. The molecule has 1 fully saturated rings. The fourth-order valence-electron chi connectivity index (χ4n) is 1.29. The van der Waals surface area contributed by atoms with Crippen molar-refractivity contribution in [1.29, 1.82) is 0 Å². The molecule has 0 aromatic carbocycles. The largest absolute Gasteiger partial charge is 0.468 e. The van der Waals surface area contributed by atoms with Gasteiger partial charge in [0.2, 0.25) is 0 Å². The molecule has 4 heteroatoms.